The molecule has 1 N–H and O–H groups in total. The van der Waals surface area contributed by atoms with Crippen molar-refractivity contribution in [3.63, 3.8) is 0 Å². The number of hydrogen-bond donors (Lipinski definition) is 1. The summed E-state index contributed by atoms with van der Waals surface area (Å²) in [6, 6.07) is 5.62. The Kier molecular flexibility index (Phi) is 6.06. The van der Waals surface area contributed by atoms with Gasteiger partial charge in [-0.15, -0.1) is 11.3 Å². The second-order valence-electron chi connectivity index (χ2n) is 5.55. The van der Waals surface area contributed by atoms with Crippen molar-refractivity contribution in [2.45, 2.75) is 33.7 Å². The zero-order valence-electron chi connectivity index (χ0n) is 12.5. The van der Waals surface area contributed by atoms with Crippen LogP contribution in [0.15, 0.2) is 18.2 Å². The molecule has 21 heavy (non-hydrogen) atoms. The smallest absolute Gasteiger partial charge is 0.0975 e. The number of aryl methyl sites for hydroxylation is 1. The first-order chi connectivity index (χ1) is 9.95. The van der Waals surface area contributed by atoms with Crippen LogP contribution in [0.2, 0.25) is 10.0 Å². The third kappa shape index (κ3) is 4.96. The number of nitrogens with zero attached hydrogens (tertiary/aromatic N) is 1. The molecule has 0 saturated carbocycles. The largest absolute Gasteiger partial charge is 0.312 e. The van der Waals surface area contributed by atoms with Crippen LogP contribution >= 0.6 is 34.5 Å². The number of thiazole rings is 1. The third-order valence-corrected chi connectivity index (χ3v) is 4.88. The highest BCUT2D eigenvalue weighted by Crippen LogP contribution is 2.26. The van der Waals surface area contributed by atoms with Crippen LogP contribution in [0.5, 0.6) is 0 Å². The molecule has 0 fully saturated rings. The minimum absolute atomic E-state index is 0.658. The van der Waals surface area contributed by atoms with Gasteiger partial charge in [0.1, 0.15) is 0 Å². The average Bonchev–Trinajstić information content (AvgIpc) is 2.73. The number of halogens is 2. The van der Waals surface area contributed by atoms with Crippen molar-refractivity contribution in [2.24, 2.45) is 5.92 Å². The Morgan fingerprint density at radius 2 is 2.05 bits per heavy atom. The Hall–Kier alpha value is -0.610. The molecular weight excluding hydrogens is 323 g/mol. The zero-order chi connectivity index (χ0) is 15.4. The molecule has 5 heteroatoms. The summed E-state index contributed by atoms with van der Waals surface area (Å²) < 4.78 is 0. The lowest BCUT2D eigenvalue weighted by Crippen LogP contribution is -2.18. The molecule has 0 bridgehead atoms. The molecule has 0 atom stereocenters. The first kappa shape index (κ1) is 16.8. The van der Waals surface area contributed by atoms with Gasteiger partial charge in [0, 0.05) is 27.9 Å². The predicted octanol–water partition coefficient (Wildman–Crippen LogP) is 5.09. The second-order valence-corrected chi connectivity index (χ2v) is 7.57. The van der Waals surface area contributed by atoms with E-state index >= 15 is 0 Å². The zero-order valence-corrected chi connectivity index (χ0v) is 14.9. The van der Waals surface area contributed by atoms with E-state index in [1.807, 2.05) is 12.1 Å². The average molecular weight is 343 g/mol. The van der Waals surface area contributed by atoms with E-state index in [-0.39, 0.29) is 0 Å². The number of aromatic nitrogens is 1. The summed E-state index contributed by atoms with van der Waals surface area (Å²) in [7, 11) is 0. The molecule has 0 amide bonds. The molecule has 2 nitrogen and oxygen atoms in total. The molecule has 0 unspecified atom stereocenters. The van der Waals surface area contributed by atoms with Crippen LogP contribution in [0.25, 0.3) is 0 Å². The summed E-state index contributed by atoms with van der Waals surface area (Å²) in [4.78, 5) is 5.96. The standard InChI is InChI=1S/C16H20Cl2N2S/c1-10(2)8-19-9-15-11(3)20-16(21-15)6-12-4-5-13(17)7-14(12)18/h4-5,7,10,19H,6,8-9H2,1-3H3. The molecule has 2 aromatic rings. The first-order valence-electron chi connectivity index (χ1n) is 7.05. The van der Waals surface area contributed by atoms with E-state index in [1.54, 1.807) is 17.4 Å². The minimum atomic E-state index is 0.658. The molecule has 0 aliphatic rings. The molecule has 0 aliphatic carbocycles. The van der Waals surface area contributed by atoms with Crippen LogP contribution in [0.4, 0.5) is 0 Å². The summed E-state index contributed by atoms with van der Waals surface area (Å²) in [6.45, 7) is 8.39. The van der Waals surface area contributed by atoms with Crippen molar-refractivity contribution < 1.29 is 0 Å². The summed E-state index contributed by atoms with van der Waals surface area (Å²) in [6.07, 6.45) is 0.756. The minimum Gasteiger partial charge on any atom is -0.312 e. The van der Waals surface area contributed by atoms with Gasteiger partial charge < -0.3 is 5.32 Å². The van der Waals surface area contributed by atoms with Crippen LogP contribution in [0.3, 0.4) is 0 Å². The molecule has 1 aromatic carbocycles. The van der Waals surface area contributed by atoms with Gasteiger partial charge in [0.15, 0.2) is 0 Å². The predicted molar refractivity (Wildman–Crippen MR) is 92.7 cm³/mol. The summed E-state index contributed by atoms with van der Waals surface area (Å²) in [5.74, 6) is 0.658. The van der Waals surface area contributed by atoms with E-state index in [0.717, 1.165) is 35.8 Å². The number of hydrogen-bond acceptors (Lipinski definition) is 3. The van der Waals surface area contributed by atoms with E-state index in [4.69, 9.17) is 23.2 Å². The van der Waals surface area contributed by atoms with Crippen LogP contribution < -0.4 is 5.32 Å². The maximum atomic E-state index is 6.22. The van der Waals surface area contributed by atoms with Gasteiger partial charge in [-0.1, -0.05) is 43.1 Å². The molecule has 0 spiro atoms. The topological polar surface area (TPSA) is 24.9 Å². The Bertz CT molecular complexity index is 608. The van der Waals surface area contributed by atoms with Crippen LogP contribution in [0, 0.1) is 12.8 Å². The molecule has 2 rings (SSSR count). The van der Waals surface area contributed by atoms with E-state index in [9.17, 15) is 0 Å². The Morgan fingerprint density at radius 3 is 2.71 bits per heavy atom. The monoisotopic (exact) mass is 342 g/mol. The van der Waals surface area contributed by atoms with Gasteiger partial charge in [0.05, 0.1) is 10.7 Å². The van der Waals surface area contributed by atoms with Gasteiger partial charge in [0.25, 0.3) is 0 Å². The van der Waals surface area contributed by atoms with Crippen molar-refractivity contribution >= 4 is 34.5 Å². The quantitative estimate of drug-likeness (QED) is 0.790. The number of benzene rings is 1. The van der Waals surface area contributed by atoms with Crippen molar-refractivity contribution in [2.75, 3.05) is 6.54 Å². The van der Waals surface area contributed by atoms with Crippen molar-refractivity contribution in [1.82, 2.24) is 10.3 Å². The fourth-order valence-corrected chi connectivity index (χ4v) is 3.57. The lowest BCUT2D eigenvalue weighted by Gasteiger charge is -2.05. The summed E-state index contributed by atoms with van der Waals surface area (Å²) >= 11 is 13.9. The highest BCUT2D eigenvalue weighted by molar-refractivity contribution is 7.11. The van der Waals surface area contributed by atoms with Gasteiger partial charge in [0.2, 0.25) is 0 Å². The Labute approximate surface area is 140 Å². The lowest BCUT2D eigenvalue weighted by molar-refractivity contribution is 0.554. The fraction of sp³-hybridized carbons (Fsp3) is 0.438. The SMILES string of the molecule is Cc1nc(Cc2ccc(Cl)cc2Cl)sc1CNCC(C)C. The van der Waals surface area contributed by atoms with Crippen LogP contribution in [-0.4, -0.2) is 11.5 Å². The Balaban J connectivity index is 2.04. The highest BCUT2D eigenvalue weighted by Gasteiger charge is 2.10. The van der Waals surface area contributed by atoms with Gasteiger partial charge in [-0.3, -0.25) is 0 Å². The lowest BCUT2D eigenvalue weighted by atomic mass is 10.1. The molecule has 0 radical (unpaired) electrons. The van der Waals surface area contributed by atoms with E-state index in [1.165, 1.54) is 4.88 Å². The van der Waals surface area contributed by atoms with Gasteiger partial charge >= 0.3 is 0 Å². The third-order valence-electron chi connectivity index (χ3n) is 3.13. The van der Waals surface area contributed by atoms with Crippen molar-refractivity contribution in [3.8, 4) is 0 Å². The molecule has 114 valence electrons. The maximum Gasteiger partial charge on any atom is 0.0975 e. The van der Waals surface area contributed by atoms with E-state index < -0.39 is 0 Å². The van der Waals surface area contributed by atoms with Crippen molar-refractivity contribution in [1.29, 1.82) is 0 Å². The summed E-state index contributed by atoms with van der Waals surface area (Å²) in [5.41, 5.74) is 2.17. The fourth-order valence-electron chi connectivity index (χ4n) is 2.03. The highest BCUT2D eigenvalue weighted by atomic mass is 35.5. The maximum absolute atomic E-state index is 6.22. The molecule has 1 heterocycles. The van der Waals surface area contributed by atoms with Crippen molar-refractivity contribution in [3.05, 3.63) is 49.4 Å². The first-order valence-corrected chi connectivity index (χ1v) is 8.62. The van der Waals surface area contributed by atoms with Gasteiger partial charge in [-0.05, 0) is 37.1 Å². The van der Waals surface area contributed by atoms with Crippen LogP contribution in [0.1, 0.15) is 35.0 Å². The summed E-state index contributed by atoms with van der Waals surface area (Å²) in [5, 5.41) is 5.93. The van der Waals surface area contributed by atoms with E-state index in [2.05, 4.69) is 31.1 Å². The molecule has 0 aliphatic heterocycles. The van der Waals surface area contributed by atoms with Gasteiger partial charge in [-0.2, -0.15) is 0 Å². The molecule has 1 aromatic heterocycles. The van der Waals surface area contributed by atoms with Crippen LogP contribution in [-0.2, 0) is 13.0 Å². The number of nitrogens with one attached hydrogen (secondary N) is 1. The Morgan fingerprint density at radius 1 is 1.29 bits per heavy atom. The van der Waals surface area contributed by atoms with E-state index in [0.29, 0.717) is 16.0 Å². The molecule has 0 saturated heterocycles. The second kappa shape index (κ2) is 7.59. The molecular formula is C16H20Cl2N2S. The van der Waals surface area contributed by atoms with Gasteiger partial charge in [-0.25, -0.2) is 4.98 Å². The normalized spacial score (nSPS) is 11.3. The number of rotatable bonds is 6.